The quantitative estimate of drug-likeness (QED) is 0.390. The Balaban J connectivity index is 2.25. The second-order valence-corrected chi connectivity index (χ2v) is 11.6. The van der Waals surface area contributed by atoms with Gasteiger partial charge in [-0.15, -0.1) is 22.7 Å². The molecule has 2 aromatic rings. The Bertz CT molecular complexity index is 1070. The average molecular weight is 524 g/mol. The van der Waals surface area contributed by atoms with E-state index < -0.39 is 10.0 Å². The third-order valence-electron chi connectivity index (χ3n) is 3.12. The highest BCUT2D eigenvalue weighted by Gasteiger charge is 2.39. The molecule has 0 amide bonds. The Morgan fingerprint density at radius 1 is 1.41 bits per heavy atom. The normalized spacial score (nSPS) is 15.0. The molecule has 22 heavy (non-hydrogen) atoms. The van der Waals surface area contributed by atoms with Crippen LogP contribution >= 0.6 is 61.2 Å². The molecule has 0 atom stereocenters. The maximum Gasteiger partial charge on any atom is 0.274 e. The van der Waals surface area contributed by atoms with Crippen molar-refractivity contribution in [2.45, 2.75) is 17.7 Å². The Kier molecular flexibility index (Phi) is 4.34. The van der Waals surface area contributed by atoms with Gasteiger partial charge in [0.15, 0.2) is 0 Å². The van der Waals surface area contributed by atoms with Crippen LogP contribution in [-0.4, -0.2) is 12.7 Å². The van der Waals surface area contributed by atoms with Crippen LogP contribution in [0.5, 0.6) is 0 Å². The molecule has 0 N–H and O–H groups in total. The van der Waals surface area contributed by atoms with Gasteiger partial charge >= 0.3 is 0 Å². The van der Waals surface area contributed by atoms with Crippen LogP contribution in [0, 0.1) is 2.88 Å². The highest BCUT2D eigenvalue weighted by Crippen LogP contribution is 2.50. The van der Waals surface area contributed by atoms with Crippen molar-refractivity contribution in [2.24, 2.45) is 0 Å². The number of fused-ring (bicyclic) bond motifs is 3. The predicted molar refractivity (Wildman–Crippen MR) is 102 cm³/mol. The molecule has 0 saturated heterocycles. The second kappa shape index (κ2) is 5.84. The monoisotopic (exact) mass is 523 g/mol. The molecule has 1 aliphatic rings. The van der Waals surface area contributed by atoms with E-state index in [0.29, 0.717) is 16.5 Å². The first-order chi connectivity index (χ1) is 10.4. The van der Waals surface area contributed by atoms with Gasteiger partial charge < -0.3 is 0 Å². The Morgan fingerprint density at radius 3 is 2.82 bits per heavy atom. The molecule has 0 aromatic carbocycles. The van der Waals surface area contributed by atoms with E-state index >= 15 is 0 Å². The Morgan fingerprint density at radius 2 is 2.14 bits per heavy atom. The summed E-state index contributed by atoms with van der Waals surface area (Å²) in [5, 5.41) is 1.01. The number of thiophene rings is 2. The molecule has 0 fully saturated rings. The third-order valence-corrected chi connectivity index (χ3v) is 10.1. The van der Waals surface area contributed by atoms with Gasteiger partial charge in [-0.2, -0.15) is 0 Å². The topological polar surface area (TPSA) is 37.4 Å². The molecule has 0 bridgehead atoms. The summed E-state index contributed by atoms with van der Waals surface area (Å²) in [7, 11) is -3.52. The van der Waals surface area contributed by atoms with E-state index in [0.717, 1.165) is 22.3 Å². The van der Waals surface area contributed by atoms with Crippen molar-refractivity contribution in [3.05, 3.63) is 47.4 Å². The van der Waals surface area contributed by atoms with Crippen LogP contribution in [0.25, 0.3) is 10.1 Å². The number of halogens is 2. The summed E-state index contributed by atoms with van der Waals surface area (Å²) < 4.78 is 30.4. The number of sulfonamides is 1. The Hall–Kier alpha value is -0.520. The smallest absolute Gasteiger partial charge is 0.257 e. The molecular weight excluding hydrogens is 517 g/mol. The Labute approximate surface area is 158 Å². The van der Waals surface area contributed by atoms with Gasteiger partial charge in [0.1, 0.15) is 4.21 Å². The van der Waals surface area contributed by atoms with Gasteiger partial charge in [-0.1, -0.05) is 5.73 Å². The van der Waals surface area contributed by atoms with Crippen LogP contribution in [0.3, 0.4) is 0 Å². The van der Waals surface area contributed by atoms with E-state index in [2.05, 4.69) is 68.0 Å². The zero-order valence-electron chi connectivity index (χ0n) is 11.2. The first kappa shape index (κ1) is 16.3. The standard InChI is InChI=1S/C14H7BrINO2S3/c1-3-4-5-6-8(2)17-7-9-10-11(13(16)21-12(10)15)20-14(9)22(17,18)19/h1,7H2,2H3. The lowest BCUT2D eigenvalue weighted by molar-refractivity contribution is 0.495. The molecule has 0 unspecified atom stereocenters. The molecule has 2 aromatic heterocycles. The first-order valence-electron chi connectivity index (χ1n) is 5.91. The van der Waals surface area contributed by atoms with E-state index in [-0.39, 0.29) is 0 Å². The summed E-state index contributed by atoms with van der Waals surface area (Å²) in [5.74, 6) is 0. The van der Waals surface area contributed by atoms with Crippen LogP contribution in [0.15, 0.2) is 43.2 Å². The molecule has 0 saturated carbocycles. The fourth-order valence-corrected chi connectivity index (χ4v) is 9.60. The number of rotatable bonds is 1. The van der Waals surface area contributed by atoms with E-state index in [1.54, 1.807) is 18.3 Å². The minimum atomic E-state index is -3.52. The van der Waals surface area contributed by atoms with Crippen molar-refractivity contribution in [1.29, 1.82) is 0 Å². The van der Waals surface area contributed by atoms with Gasteiger partial charge in [0.05, 0.1) is 23.6 Å². The lowest BCUT2D eigenvalue weighted by atomic mass is 10.2. The SMILES string of the molecule is C=C=C=C=C=C(C)N1Cc2c(sc3c(I)sc(Br)c23)S1(=O)=O. The minimum absolute atomic E-state index is 0.321. The number of hydrogen-bond donors (Lipinski definition) is 0. The average Bonchev–Trinajstić information content (AvgIpc) is 3.03. The number of hydrogen-bond acceptors (Lipinski definition) is 4. The maximum absolute atomic E-state index is 12.7. The van der Waals surface area contributed by atoms with Crippen molar-refractivity contribution < 1.29 is 8.42 Å². The lowest BCUT2D eigenvalue weighted by Crippen LogP contribution is -2.21. The highest BCUT2D eigenvalue weighted by molar-refractivity contribution is 14.1. The molecule has 1 aliphatic heterocycles. The summed E-state index contributed by atoms with van der Waals surface area (Å²) in [6.45, 7) is 5.38. The lowest BCUT2D eigenvalue weighted by Gasteiger charge is -2.15. The van der Waals surface area contributed by atoms with Gasteiger partial charge in [-0.25, -0.2) is 8.42 Å². The predicted octanol–water partition coefficient (Wildman–Crippen LogP) is 4.99. The largest absolute Gasteiger partial charge is 0.274 e. The van der Waals surface area contributed by atoms with Crippen LogP contribution in [0.2, 0.25) is 0 Å². The van der Waals surface area contributed by atoms with Crippen molar-refractivity contribution >= 4 is 81.3 Å². The molecule has 0 spiro atoms. The molecule has 0 radical (unpaired) electrons. The van der Waals surface area contributed by atoms with Crippen LogP contribution < -0.4 is 0 Å². The fourth-order valence-electron chi connectivity index (χ4n) is 2.17. The molecule has 0 aliphatic carbocycles. The van der Waals surface area contributed by atoms with Crippen LogP contribution in [0.1, 0.15) is 12.5 Å². The number of nitrogens with zero attached hydrogens (tertiary/aromatic N) is 1. The van der Waals surface area contributed by atoms with E-state index in [4.69, 9.17) is 0 Å². The summed E-state index contributed by atoms with van der Waals surface area (Å²) in [6.07, 6.45) is 0. The van der Waals surface area contributed by atoms with Gasteiger partial charge in [-0.3, -0.25) is 4.31 Å². The van der Waals surface area contributed by atoms with E-state index in [1.165, 1.54) is 15.6 Å². The van der Waals surface area contributed by atoms with Gasteiger partial charge in [0, 0.05) is 10.9 Å². The summed E-state index contributed by atoms with van der Waals surface area (Å²) >= 11 is 8.74. The summed E-state index contributed by atoms with van der Waals surface area (Å²) in [6, 6.07) is 0. The van der Waals surface area contributed by atoms with Gasteiger partial charge in [-0.05, 0) is 69.2 Å². The zero-order valence-corrected chi connectivity index (χ0v) is 17.4. The molecule has 3 heterocycles. The fraction of sp³-hybridized carbons (Fsp3) is 0.143. The highest BCUT2D eigenvalue weighted by atomic mass is 127. The number of allylic oxidation sites excluding steroid dienone is 1. The molecule has 8 heteroatoms. The zero-order chi connectivity index (χ0) is 16.1. The van der Waals surface area contributed by atoms with Crippen molar-refractivity contribution in [2.75, 3.05) is 0 Å². The first-order valence-corrected chi connectivity index (χ1v) is 10.9. The second-order valence-electron chi connectivity index (χ2n) is 4.37. The van der Waals surface area contributed by atoms with Gasteiger partial charge in [0.25, 0.3) is 10.0 Å². The van der Waals surface area contributed by atoms with Crippen LogP contribution in [-0.2, 0) is 16.6 Å². The summed E-state index contributed by atoms with van der Waals surface area (Å²) in [5.41, 5.74) is 11.6. The van der Waals surface area contributed by atoms with Crippen molar-refractivity contribution in [1.82, 2.24) is 4.31 Å². The molecule has 3 nitrogen and oxygen atoms in total. The van der Waals surface area contributed by atoms with E-state index in [9.17, 15) is 8.42 Å². The molecular formula is C14H7BrINO2S3. The molecule has 3 rings (SSSR count). The van der Waals surface area contributed by atoms with E-state index in [1.807, 2.05) is 0 Å². The van der Waals surface area contributed by atoms with Gasteiger partial charge in [0.2, 0.25) is 0 Å². The van der Waals surface area contributed by atoms with Crippen molar-refractivity contribution in [3.63, 3.8) is 0 Å². The molecule has 112 valence electrons. The third kappa shape index (κ3) is 2.42. The van der Waals surface area contributed by atoms with Crippen molar-refractivity contribution in [3.8, 4) is 0 Å². The summed E-state index contributed by atoms with van der Waals surface area (Å²) in [4.78, 5) is 0. The van der Waals surface area contributed by atoms with Crippen LogP contribution in [0.4, 0.5) is 0 Å². The minimum Gasteiger partial charge on any atom is -0.257 e. The maximum atomic E-state index is 12.7.